The van der Waals surface area contributed by atoms with Crippen LogP contribution in [0, 0.1) is 13.8 Å². The van der Waals surface area contributed by atoms with E-state index in [1.165, 1.54) is 21.6 Å². The molecule has 2 rings (SSSR count). The highest BCUT2D eigenvalue weighted by molar-refractivity contribution is 6.01. The number of nitrogens with one attached hydrogen (secondary N) is 1. The Balaban J connectivity index is 2.21. The molecule has 0 bridgehead atoms. The molecule has 21 heavy (non-hydrogen) atoms. The molecule has 0 radical (unpaired) electrons. The van der Waals surface area contributed by atoms with Gasteiger partial charge in [0, 0.05) is 19.4 Å². The lowest BCUT2D eigenvalue weighted by atomic mass is 9.98. The Kier molecular flexibility index (Phi) is 5.12. The lowest BCUT2D eigenvalue weighted by molar-refractivity contribution is -0.138. The van der Waals surface area contributed by atoms with Gasteiger partial charge in [-0.2, -0.15) is 0 Å². The van der Waals surface area contributed by atoms with Gasteiger partial charge in [0.1, 0.15) is 0 Å². The van der Waals surface area contributed by atoms with Crippen molar-refractivity contribution in [1.82, 2.24) is 10.2 Å². The van der Waals surface area contributed by atoms with Crippen molar-refractivity contribution in [3.63, 3.8) is 0 Å². The summed E-state index contributed by atoms with van der Waals surface area (Å²) in [7, 11) is 0. The number of hydrogen-bond acceptors (Lipinski definition) is 3. The van der Waals surface area contributed by atoms with E-state index in [-0.39, 0.29) is 17.9 Å². The zero-order chi connectivity index (χ0) is 15.4. The summed E-state index contributed by atoms with van der Waals surface area (Å²) in [5.74, 6) is -0.0962. The van der Waals surface area contributed by atoms with Crippen molar-refractivity contribution in [2.24, 2.45) is 0 Å². The van der Waals surface area contributed by atoms with Gasteiger partial charge in [-0.1, -0.05) is 30.7 Å². The predicted molar refractivity (Wildman–Crippen MR) is 82.9 cm³/mol. The molecule has 1 heterocycles. The molecule has 1 aromatic carbocycles. The molecule has 2 amide bonds. The van der Waals surface area contributed by atoms with Crippen LogP contribution in [-0.2, 0) is 9.59 Å². The molecule has 1 unspecified atom stereocenters. The smallest absolute Gasteiger partial charge is 0.229 e. The summed E-state index contributed by atoms with van der Waals surface area (Å²) in [5.41, 5.74) is 3.59. The summed E-state index contributed by atoms with van der Waals surface area (Å²) in [5, 5.41) is 3.47. The Morgan fingerprint density at radius 1 is 1.19 bits per heavy atom. The molecule has 1 aliphatic heterocycles. The van der Waals surface area contributed by atoms with Crippen molar-refractivity contribution in [3.8, 4) is 0 Å². The highest BCUT2D eigenvalue weighted by Crippen LogP contribution is 2.23. The van der Waals surface area contributed by atoms with Gasteiger partial charge in [-0.05, 0) is 37.9 Å². The number of carbonyl (C=O) groups excluding carboxylic acids is 2. The van der Waals surface area contributed by atoms with E-state index in [1.54, 1.807) is 0 Å². The third-order valence-corrected chi connectivity index (χ3v) is 3.96. The first-order chi connectivity index (χ1) is 10.0. The maximum atomic E-state index is 11.8. The molecular weight excluding hydrogens is 264 g/mol. The first-order valence-electron chi connectivity index (χ1n) is 7.66. The highest BCUT2D eigenvalue weighted by atomic mass is 16.2. The number of aryl methyl sites for hydroxylation is 2. The van der Waals surface area contributed by atoms with E-state index in [1.807, 2.05) is 0 Å². The van der Waals surface area contributed by atoms with Crippen LogP contribution in [0.4, 0.5) is 0 Å². The van der Waals surface area contributed by atoms with Crippen LogP contribution in [0.2, 0.25) is 0 Å². The molecule has 1 N–H and O–H groups in total. The predicted octanol–water partition coefficient (Wildman–Crippen LogP) is 2.49. The Hall–Kier alpha value is -1.68. The van der Waals surface area contributed by atoms with E-state index >= 15 is 0 Å². The fourth-order valence-electron chi connectivity index (χ4n) is 2.82. The van der Waals surface area contributed by atoms with Gasteiger partial charge in [0.15, 0.2) is 0 Å². The second-order valence-corrected chi connectivity index (χ2v) is 5.76. The van der Waals surface area contributed by atoms with Gasteiger partial charge in [0.2, 0.25) is 11.8 Å². The standard InChI is InChI=1S/C17H24N2O2/c1-4-9-18-15(11-19-16(20)7-8-17(19)21)14-6-5-12(2)10-13(14)3/h5-6,10,15,18H,4,7-9,11H2,1-3H3. The highest BCUT2D eigenvalue weighted by Gasteiger charge is 2.31. The summed E-state index contributed by atoms with van der Waals surface area (Å²) >= 11 is 0. The van der Waals surface area contributed by atoms with Gasteiger partial charge in [-0.3, -0.25) is 14.5 Å². The minimum Gasteiger partial charge on any atom is -0.308 e. The third kappa shape index (κ3) is 3.70. The molecule has 1 saturated heterocycles. The van der Waals surface area contributed by atoms with E-state index in [2.05, 4.69) is 44.3 Å². The fraction of sp³-hybridized carbons (Fsp3) is 0.529. The zero-order valence-corrected chi connectivity index (χ0v) is 13.1. The minimum atomic E-state index is -0.0481. The Bertz CT molecular complexity index is 524. The number of likely N-dealkylation sites (tertiary alicyclic amines) is 1. The topological polar surface area (TPSA) is 49.4 Å². The van der Waals surface area contributed by atoms with E-state index in [0.717, 1.165) is 13.0 Å². The maximum absolute atomic E-state index is 11.8. The fourth-order valence-corrected chi connectivity index (χ4v) is 2.82. The summed E-state index contributed by atoms with van der Waals surface area (Å²) < 4.78 is 0. The first-order valence-corrected chi connectivity index (χ1v) is 7.66. The van der Waals surface area contributed by atoms with Gasteiger partial charge in [-0.25, -0.2) is 0 Å². The number of carbonyl (C=O) groups is 2. The lowest BCUT2D eigenvalue weighted by Crippen LogP contribution is -2.38. The Morgan fingerprint density at radius 2 is 1.86 bits per heavy atom. The number of benzene rings is 1. The van der Waals surface area contributed by atoms with E-state index in [9.17, 15) is 9.59 Å². The van der Waals surface area contributed by atoms with Crippen LogP contribution in [0.3, 0.4) is 0 Å². The van der Waals surface area contributed by atoms with Crippen molar-refractivity contribution < 1.29 is 9.59 Å². The molecule has 1 atom stereocenters. The molecule has 4 nitrogen and oxygen atoms in total. The van der Waals surface area contributed by atoms with Gasteiger partial charge < -0.3 is 5.32 Å². The summed E-state index contributed by atoms with van der Waals surface area (Å²) in [4.78, 5) is 25.1. The molecule has 0 aromatic heterocycles. The second-order valence-electron chi connectivity index (χ2n) is 5.76. The zero-order valence-electron chi connectivity index (χ0n) is 13.1. The molecule has 114 valence electrons. The monoisotopic (exact) mass is 288 g/mol. The number of amides is 2. The van der Waals surface area contributed by atoms with Crippen molar-refractivity contribution in [1.29, 1.82) is 0 Å². The van der Waals surface area contributed by atoms with Crippen LogP contribution < -0.4 is 5.32 Å². The van der Waals surface area contributed by atoms with Gasteiger partial charge in [0.05, 0.1) is 6.04 Å². The van der Waals surface area contributed by atoms with Crippen LogP contribution in [0.5, 0.6) is 0 Å². The molecule has 1 aliphatic rings. The Morgan fingerprint density at radius 3 is 2.43 bits per heavy atom. The van der Waals surface area contributed by atoms with Crippen molar-refractivity contribution in [2.45, 2.75) is 46.1 Å². The molecular formula is C17H24N2O2. The molecule has 1 fully saturated rings. The van der Waals surface area contributed by atoms with Crippen molar-refractivity contribution in [3.05, 3.63) is 34.9 Å². The van der Waals surface area contributed by atoms with Gasteiger partial charge >= 0.3 is 0 Å². The molecule has 4 heteroatoms. The summed E-state index contributed by atoms with van der Waals surface area (Å²) in [6.45, 7) is 7.56. The van der Waals surface area contributed by atoms with Crippen LogP contribution >= 0.6 is 0 Å². The second kappa shape index (κ2) is 6.85. The summed E-state index contributed by atoms with van der Waals surface area (Å²) in [6.07, 6.45) is 1.72. The van der Waals surface area contributed by atoms with Crippen molar-refractivity contribution in [2.75, 3.05) is 13.1 Å². The SMILES string of the molecule is CCCNC(CN1C(=O)CCC1=O)c1ccc(C)cc1C. The molecule has 1 aromatic rings. The maximum Gasteiger partial charge on any atom is 0.229 e. The average Bonchev–Trinajstić information content (AvgIpc) is 2.75. The number of hydrogen-bond donors (Lipinski definition) is 1. The van der Waals surface area contributed by atoms with Crippen LogP contribution in [0.15, 0.2) is 18.2 Å². The number of imide groups is 1. The van der Waals surface area contributed by atoms with Crippen molar-refractivity contribution >= 4 is 11.8 Å². The largest absolute Gasteiger partial charge is 0.308 e. The number of nitrogens with zero attached hydrogens (tertiary/aromatic N) is 1. The third-order valence-electron chi connectivity index (χ3n) is 3.96. The lowest BCUT2D eigenvalue weighted by Gasteiger charge is -2.25. The quantitative estimate of drug-likeness (QED) is 0.818. The Labute approximate surface area is 126 Å². The van der Waals surface area contributed by atoms with Crippen LogP contribution in [-0.4, -0.2) is 29.8 Å². The first kappa shape index (κ1) is 15.7. The molecule has 0 saturated carbocycles. The van der Waals surface area contributed by atoms with Gasteiger partial charge in [0.25, 0.3) is 0 Å². The normalized spacial score (nSPS) is 16.6. The molecule has 0 aliphatic carbocycles. The van der Waals surface area contributed by atoms with Crippen LogP contribution in [0.1, 0.15) is 48.9 Å². The molecule has 0 spiro atoms. The van der Waals surface area contributed by atoms with Gasteiger partial charge in [-0.15, -0.1) is 0 Å². The summed E-state index contributed by atoms with van der Waals surface area (Å²) in [6, 6.07) is 6.33. The van der Waals surface area contributed by atoms with E-state index < -0.39 is 0 Å². The van der Waals surface area contributed by atoms with Crippen LogP contribution in [0.25, 0.3) is 0 Å². The van der Waals surface area contributed by atoms with E-state index in [4.69, 9.17) is 0 Å². The number of rotatable bonds is 6. The minimum absolute atomic E-state index is 0.0107. The average molecular weight is 288 g/mol. The van der Waals surface area contributed by atoms with E-state index in [0.29, 0.717) is 19.4 Å².